The van der Waals surface area contributed by atoms with Crippen molar-refractivity contribution in [1.82, 2.24) is 59.8 Å². The van der Waals surface area contributed by atoms with Crippen LogP contribution in [0.1, 0.15) is 58.1 Å². The van der Waals surface area contributed by atoms with E-state index in [0.29, 0.717) is 126 Å². The van der Waals surface area contributed by atoms with Crippen LogP contribution in [-0.2, 0) is 18.9 Å². The molecule has 4 N–H and O–H groups in total. The molecule has 0 spiro atoms. The van der Waals surface area contributed by atoms with E-state index in [9.17, 15) is 39.6 Å². The predicted molar refractivity (Wildman–Crippen MR) is 457 cm³/mol. The van der Waals surface area contributed by atoms with E-state index in [1.807, 2.05) is 172 Å². The van der Waals surface area contributed by atoms with E-state index in [1.54, 1.807) is 140 Å². The van der Waals surface area contributed by atoms with Gasteiger partial charge >= 0.3 is 23.9 Å². The van der Waals surface area contributed by atoms with Gasteiger partial charge in [-0.15, -0.1) is 0 Å². The van der Waals surface area contributed by atoms with Gasteiger partial charge < -0.3 is 44.1 Å². The molecule has 0 bridgehead atoms. The molecule has 0 fully saturated rings. The van der Waals surface area contributed by atoms with Gasteiger partial charge in [0.05, 0.1) is 80.1 Å². The van der Waals surface area contributed by atoms with Crippen LogP contribution in [0.25, 0.3) is 137 Å². The molecule has 0 unspecified atom stereocenters. The Kier molecular flexibility index (Phi) is 26.2. The first-order valence-corrected chi connectivity index (χ1v) is 37.5. The van der Waals surface area contributed by atoms with Crippen LogP contribution in [0.3, 0.4) is 0 Å². The van der Waals surface area contributed by atoms with Crippen LogP contribution in [0.2, 0.25) is 0 Å². The van der Waals surface area contributed by atoms with Gasteiger partial charge in [-0.25, -0.2) is 79.0 Å². The zero-order valence-corrected chi connectivity index (χ0v) is 66.5. The van der Waals surface area contributed by atoms with Gasteiger partial charge in [0.1, 0.15) is 17.2 Å². The molecule has 0 atom stereocenters. The van der Waals surface area contributed by atoms with E-state index in [4.69, 9.17) is 23.7 Å². The van der Waals surface area contributed by atoms with Gasteiger partial charge in [-0.2, -0.15) is 0 Å². The van der Waals surface area contributed by atoms with Crippen LogP contribution in [0.15, 0.2) is 291 Å². The standard InChI is InChI=1S/C24H19N3O4.3C24H19N3O3/c1-30-19-10-6-9-18(20(19)28)23-26-21(15-7-4-3-5-8-15)25-22(27-23)16-11-13-17(14-12-16)24(29)31-2;1-15-7-6-10-19(28)20(15)23-26-21(16-8-4-3-5-9-16)25-22(27-23)17-11-13-18(14-12-17)24(29)30-2;1-15-7-6-10-19(20(15)28)23-26-21(16-8-4-3-5-9-16)25-22(27-23)17-11-13-18(14-12-17)24(29)30-2;1-15-8-13-20(28)19(14-15)23-26-21(16-6-4-3-5-7-16)25-22(27-23)17-9-11-18(12-10-17)24(29)30-2/h3-14,28H,1-2H3;3*3-14,28H,1-2H3. The van der Waals surface area contributed by atoms with E-state index in [-0.39, 0.29) is 23.0 Å². The van der Waals surface area contributed by atoms with Crippen molar-refractivity contribution in [3.63, 3.8) is 0 Å². The Balaban J connectivity index is 0.000000139. The van der Waals surface area contributed by atoms with E-state index < -0.39 is 23.9 Å². The molecule has 0 amide bonds. The van der Waals surface area contributed by atoms with Crippen LogP contribution in [0.5, 0.6) is 28.7 Å². The number of benzene rings is 12. The van der Waals surface area contributed by atoms with Crippen LogP contribution in [0.4, 0.5) is 0 Å². The van der Waals surface area contributed by atoms with Crippen molar-refractivity contribution in [2.75, 3.05) is 35.5 Å². The first-order chi connectivity index (χ1) is 58.8. The SMILES string of the molecule is COC(=O)c1ccc(-c2nc(-c3ccccc3)nc(-c3c(C)cccc3O)n2)cc1.COC(=O)c1ccc(-c2nc(-c3ccccc3)nc(-c3cc(C)ccc3O)n2)cc1.COC(=O)c1ccc(-c2nc(-c3ccccc3)nc(-c3cccc(C)c3O)n2)cc1.COC(=O)c1ccc(-c2nc(-c3ccccc3)nc(-c3cccc(OC)c3O)n2)cc1. The molecule has 16 rings (SSSR count). The zero-order chi connectivity index (χ0) is 85.1. The van der Waals surface area contributed by atoms with Gasteiger partial charge in [0.15, 0.2) is 81.4 Å². The Morgan fingerprint density at radius 2 is 0.512 bits per heavy atom. The summed E-state index contributed by atoms with van der Waals surface area (Å²) in [7, 11) is 6.84. The summed E-state index contributed by atoms with van der Waals surface area (Å²) in [5.41, 5.74) is 12.5. The lowest BCUT2D eigenvalue weighted by Gasteiger charge is -2.11. The number of aryl methyl sites for hydroxylation is 3. The lowest BCUT2D eigenvalue weighted by molar-refractivity contribution is 0.0592. The minimum Gasteiger partial charge on any atom is -0.507 e. The Morgan fingerprint density at radius 3 is 0.826 bits per heavy atom. The van der Waals surface area contributed by atoms with Crippen molar-refractivity contribution < 1.29 is 63.3 Å². The Bertz CT molecular complexity index is 6240. The summed E-state index contributed by atoms with van der Waals surface area (Å²) in [6.07, 6.45) is 0. The Morgan fingerprint density at radius 1 is 0.240 bits per heavy atom. The van der Waals surface area contributed by atoms with Crippen LogP contribution >= 0.6 is 0 Å². The largest absolute Gasteiger partial charge is 0.507 e. The number of nitrogens with zero attached hydrogens (tertiary/aromatic N) is 12. The third-order valence-corrected chi connectivity index (χ3v) is 18.7. The summed E-state index contributed by atoms with van der Waals surface area (Å²) >= 11 is 0. The van der Waals surface area contributed by atoms with Crippen LogP contribution in [0, 0.1) is 20.8 Å². The first-order valence-electron chi connectivity index (χ1n) is 37.5. The van der Waals surface area contributed by atoms with Gasteiger partial charge in [-0.3, -0.25) is 0 Å². The number of aromatic nitrogens is 12. The third-order valence-electron chi connectivity index (χ3n) is 18.7. The first kappa shape index (κ1) is 82.5. The summed E-state index contributed by atoms with van der Waals surface area (Å²) in [6.45, 7) is 5.66. The second-order valence-electron chi connectivity index (χ2n) is 26.8. The molecule has 0 aliphatic rings. The van der Waals surface area contributed by atoms with Crippen molar-refractivity contribution in [2.45, 2.75) is 20.8 Å². The molecular formula is C96H76N12O13. The highest BCUT2D eigenvalue weighted by Gasteiger charge is 2.23. The number of methoxy groups -OCH3 is 5. The van der Waals surface area contributed by atoms with Crippen LogP contribution < -0.4 is 4.74 Å². The number of phenolic OH excluding ortho intramolecular Hbond substituents is 4. The maximum atomic E-state index is 11.7. The summed E-state index contributed by atoms with van der Waals surface area (Å²) in [5.74, 6) is 4.05. The molecule has 598 valence electrons. The molecule has 121 heavy (non-hydrogen) atoms. The van der Waals surface area contributed by atoms with Crippen molar-refractivity contribution in [3.8, 4) is 165 Å². The van der Waals surface area contributed by atoms with E-state index in [1.165, 1.54) is 35.5 Å². The second-order valence-corrected chi connectivity index (χ2v) is 26.8. The van der Waals surface area contributed by atoms with E-state index in [2.05, 4.69) is 59.8 Å². The average Bonchev–Trinajstić information content (AvgIpc) is 0.807. The van der Waals surface area contributed by atoms with E-state index >= 15 is 0 Å². The Labute approximate surface area is 695 Å². The van der Waals surface area contributed by atoms with Crippen molar-refractivity contribution in [3.05, 3.63) is 330 Å². The molecular weight excluding hydrogens is 1530 g/mol. The summed E-state index contributed by atoms with van der Waals surface area (Å²) in [6, 6.07) is 86.7. The molecule has 4 heterocycles. The fourth-order valence-corrected chi connectivity index (χ4v) is 12.3. The molecule has 0 radical (unpaired) electrons. The lowest BCUT2D eigenvalue weighted by atomic mass is 10.1. The zero-order valence-electron chi connectivity index (χ0n) is 66.5. The monoisotopic (exact) mass is 1600 g/mol. The summed E-state index contributed by atoms with van der Waals surface area (Å²) < 4.78 is 24.2. The van der Waals surface area contributed by atoms with Gasteiger partial charge in [-0.05, 0) is 117 Å². The average molecular weight is 1610 g/mol. The van der Waals surface area contributed by atoms with Gasteiger partial charge in [-0.1, -0.05) is 212 Å². The molecule has 25 heteroatoms. The minimum atomic E-state index is -0.422. The normalized spacial score (nSPS) is 10.6. The fourth-order valence-electron chi connectivity index (χ4n) is 12.3. The molecule has 25 nitrogen and oxygen atoms in total. The molecule has 12 aromatic carbocycles. The molecule has 0 saturated heterocycles. The number of ether oxygens (including phenoxy) is 5. The molecule has 0 aliphatic carbocycles. The van der Waals surface area contributed by atoms with Crippen molar-refractivity contribution in [1.29, 1.82) is 0 Å². The molecule has 4 aromatic heterocycles. The number of para-hydroxylation sites is 2. The minimum absolute atomic E-state index is 0.0535. The number of aromatic hydroxyl groups is 4. The summed E-state index contributed by atoms with van der Waals surface area (Å²) in [5, 5.41) is 42.0. The number of hydrogen-bond acceptors (Lipinski definition) is 25. The topological polar surface area (TPSA) is 350 Å². The number of hydrogen-bond donors (Lipinski definition) is 4. The second kappa shape index (κ2) is 38.3. The number of phenols is 4. The highest BCUT2D eigenvalue weighted by atomic mass is 16.5. The fraction of sp³-hybridized carbons (Fsp3) is 0.0833. The Hall–Kier alpha value is -16.4. The molecule has 16 aromatic rings. The van der Waals surface area contributed by atoms with E-state index in [0.717, 1.165) is 55.6 Å². The number of carbonyl (C=O) groups is 4. The van der Waals surface area contributed by atoms with Gasteiger partial charge in [0.25, 0.3) is 0 Å². The molecule has 0 saturated carbocycles. The number of rotatable bonds is 17. The number of carbonyl (C=O) groups excluding carboxylic acids is 4. The van der Waals surface area contributed by atoms with Gasteiger partial charge in [0.2, 0.25) is 0 Å². The molecule has 0 aliphatic heterocycles. The van der Waals surface area contributed by atoms with Gasteiger partial charge in [0, 0.05) is 44.5 Å². The number of esters is 4. The maximum absolute atomic E-state index is 11.7. The lowest BCUT2D eigenvalue weighted by Crippen LogP contribution is -2.03. The highest BCUT2D eigenvalue weighted by Crippen LogP contribution is 2.39. The smallest absolute Gasteiger partial charge is 0.337 e. The third kappa shape index (κ3) is 19.8. The van der Waals surface area contributed by atoms with Crippen LogP contribution in [-0.4, -0.2) is 140 Å². The summed E-state index contributed by atoms with van der Waals surface area (Å²) in [4.78, 5) is 102. The highest BCUT2D eigenvalue weighted by molar-refractivity contribution is 5.92. The van der Waals surface area contributed by atoms with Crippen molar-refractivity contribution >= 4 is 23.9 Å². The quantitative estimate of drug-likeness (QED) is 0.0486. The maximum Gasteiger partial charge on any atom is 0.337 e. The van der Waals surface area contributed by atoms with Crippen molar-refractivity contribution in [2.24, 2.45) is 0 Å². The predicted octanol–water partition coefficient (Wildman–Crippen LogP) is 18.4.